The first kappa shape index (κ1) is 18.3. The molecule has 0 saturated heterocycles. The number of aliphatic carboxylic acids is 1. The lowest BCUT2D eigenvalue weighted by molar-refractivity contribution is -0.312. The van der Waals surface area contributed by atoms with Crippen molar-refractivity contribution < 1.29 is 33.6 Å². The summed E-state index contributed by atoms with van der Waals surface area (Å²) < 4.78 is 21.4. The summed E-state index contributed by atoms with van der Waals surface area (Å²) in [5, 5.41) is 10.8. The van der Waals surface area contributed by atoms with Crippen LogP contribution in [0.4, 0.5) is 0 Å². The molecule has 1 aliphatic rings. The van der Waals surface area contributed by atoms with Gasteiger partial charge >= 0.3 is 0 Å². The van der Waals surface area contributed by atoms with Gasteiger partial charge < -0.3 is 28.8 Å². The Bertz CT molecular complexity index is 930. The molecule has 0 saturated carbocycles. The molecule has 0 aliphatic carbocycles. The van der Waals surface area contributed by atoms with Crippen molar-refractivity contribution in [1.82, 2.24) is 0 Å². The van der Waals surface area contributed by atoms with E-state index in [1.807, 2.05) is 0 Å². The number of carboxylic acid groups (broad SMARTS) is 1. The number of methoxy groups -OCH3 is 2. The fourth-order valence-corrected chi connectivity index (χ4v) is 2.57. The number of allylic oxidation sites excluding steroid dienone is 1. The highest BCUT2D eigenvalue weighted by Crippen LogP contribution is 2.36. The topological polar surface area (TPSA) is 94.1 Å². The van der Waals surface area contributed by atoms with Crippen LogP contribution in [0.2, 0.25) is 0 Å². The molecule has 1 heterocycles. The predicted molar refractivity (Wildman–Crippen MR) is 94.0 cm³/mol. The molecule has 0 radical (unpaired) electrons. The normalized spacial score (nSPS) is 15.1. The summed E-state index contributed by atoms with van der Waals surface area (Å²) in [6.45, 7) is 1.36. The number of hydrogen-bond donors (Lipinski definition) is 0. The van der Waals surface area contributed by atoms with Gasteiger partial charge in [-0.2, -0.15) is 0 Å². The average molecular weight is 369 g/mol. The number of rotatable bonds is 6. The van der Waals surface area contributed by atoms with Gasteiger partial charge in [0.1, 0.15) is 29.1 Å². The third-order valence-corrected chi connectivity index (χ3v) is 4.01. The molecule has 27 heavy (non-hydrogen) atoms. The molecule has 0 amide bonds. The van der Waals surface area contributed by atoms with Crippen molar-refractivity contribution >= 4 is 17.8 Å². The second-order valence-electron chi connectivity index (χ2n) is 5.78. The van der Waals surface area contributed by atoms with E-state index in [9.17, 15) is 14.7 Å². The maximum Gasteiger partial charge on any atom is 0.231 e. The highest BCUT2D eigenvalue weighted by Gasteiger charge is 2.28. The molecule has 1 aliphatic heterocycles. The van der Waals surface area contributed by atoms with Crippen LogP contribution in [0, 0.1) is 0 Å². The van der Waals surface area contributed by atoms with Crippen molar-refractivity contribution in [3.05, 3.63) is 53.3 Å². The molecule has 3 rings (SSSR count). The minimum atomic E-state index is -1.33. The third-order valence-electron chi connectivity index (χ3n) is 4.01. The average Bonchev–Trinajstić information content (AvgIpc) is 2.97. The van der Waals surface area contributed by atoms with Gasteiger partial charge in [0.15, 0.2) is 5.76 Å². The van der Waals surface area contributed by atoms with Crippen LogP contribution in [0.1, 0.15) is 22.8 Å². The van der Waals surface area contributed by atoms with Gasteiger partial charge in [-0.15, -0.1) is 0 Å². The lowest BCUT2D eigenvalue weighted by Crippen LogP contribution is -2.37. The van der Waals surface area contributed by atoms with Gasteiger partial charge in [0.2, 0.25) is 5.78 Å². The predicted octanol–water partition coefficient (Wildman–Crippen LogP) is 1.84. The Morgan fingerprint density at radius 3 is 2.52 bits per heavy atom. The largest absolute Gasteiger partial charge is 0.546 e. The van der Waals surface area contributed by atoms with E-state index in [1.54, 1.807) is 31.4 Å². The van der Waals surface area contributed by atoms with Crippen LogP contribution in [0.15, 0.2) is 42.2 Å². The molecular weight excluding hydrogens is 352 g/mol. The van der Waals surface area contributed by atoms with Crippen LogP contribution in [-0.4, -0.2) is 32.1 Å². The fourth-order valence-electron chi connectivity index (χ4n) is 2.57. The van der Waals surface area contributed by atoms with E-state index in [0.29, 0.717) is 28.4 Å². The minimum Gasteiger partial charge on any atom is -0.546 e. The van der Waals surface area contributed by atoms with E-state index < -0.39 is 12.1 Å². The van der Waals surface area contributed by atoms with Gasteiger partial charge in [-0.1, -0.05) is 0 Å². The maximum atomic E-state index is 12.6. The summed E-state index contributed by atoms with van der Waals surface area (Å²) in [6, 6.07) is 9.71. The molecule has 2 aromatic carbocycles. The summed E-state index contributed by atoms with van der Waals surface area (Å²) in [5.74, 6) is 0.213. The Hall–Kier alpha value is -3.48. The van der Waals surface area contributed by atoms with Gasteiger partial charge in [0.05, 0.1) is 25.8 Å². The van der Waals surface area contributed by atoms with E-state index >= 15 is 0 Å². The second kappa shape index (κ2) is 7.41. The summed E-state index contributed by atoms with van der Waals surface area (Å²) in [7, 11) is 3.07. The molecule has 0 fully saturated rings. The van der Waals surface area contributed by atoms with Gasteiger partial charge in [-0.25, -0.2) is 0 Å². The third kappa shape index (κ3) is 3.72. The number of carboxylic acids is 1. The number of carbonyl (C=O) groups excluding carboxylic acids is 2. The zero-order chi connectivity index (χ0) is 19.6. The molecule has 140 valence electrons. The second-order valence-corrected chi connectivity index (χ2v) is 5.78. The molecule has 0 unspecified atom stereocenters. The van der Waals surface area contributed by atoms with Crippen LogP contribution >= 0.6 is 0 Å². The number of fused-ring (bicyclic) bond motifs is 1. The Balaban J connectivity index is 1.88. The van der Waals surface area contributed by atoms with Gasteiger partial charge in [0, 0.05) is 17.7 Å². The van der Waals surface area contributed by atoms with Crippen LogP contribution < -0.4 is 24.1 Å². The van der Waals surface area contributed by atoms with Gasteiger partial charge in [-0.05, 0) is 37.3 Å². The molecule has 0 bridgehead atoms. The van der Waals surface area contributed by atoms with Crippen LogP contribution in [0.5, 0.6) is 23.0 Å². The first-order valence-electron chi connectivity index (χ1n) is 8.10. The quantitative estimate of drug-likeness (QED) is 0.717. The molecule has 7 nitrogen and oxygen atoms in total. The Labute approximate surface area is 155 Å². The van der Waals surface area contributed by atoms with Crippen molar-refractivity contribution in [1.29, 1.82) is 0 Å². The van der Waals surface area contributed by atoms with E-state index in [4.69, 9.17) is 18.9 Å². The SMILES string of the molecule is COc1ccc(C=C2Oc3cc(O[C@H](C)C(=O)[O-])ccc3C2=O)c(OC)c1. The Morgan fingerprint density at radius 2 is 1.85 bits per heavy atom. The number of ketones is 1. The fraction of sp³-hybridized carbons (Fsp3) is 0.200. The molecule has 0 aromatic heterocycles. The Morgan fingerprint density at radius 1 is 1.11 bits per heavy atom. The lowest BCUT2D eigenvalue weighted by atomic mass is 10.1. The highest BCUT2D eigenvalue weighted by atomic mass is 16.5. The first-order chi connectivity index (χ1) is 12.9. The van der Waals surface area contributed by atoms with Crippen LogP contribution in [0.25, 0.3) is 6.08 Å². The molecule has 2 aromatic rings. The van der Waals surface area contributed by atoms with E-state index in [-0.39, 0.29) is 17.3 Å². The smallest absolute Gasteiger partial charge is 0.231 e. The van der Waals surface area contributed by atoms with Crippen molar-refractivity contribution in [2.45, 2.75) is 13.0 Å². The molecule has 7 heteroatoms. The molecule has 0 N–H and O–H groups in total. The summed E-state index contributed by atoms with van der Waals surface area (Å²) >= 11 is 0. The number of carbonyl (C=O) groups is 2. The van der Waals surface area contributed by atoms with Gasteiger partial charge in [-0.3, -0.25) is 4.79 Å². The molecular formula is C20H17O7-. The Kier molecular flexibility index (Phi) is 5.03. The van der Waals surface area contributed by atoms with E-state index in [1.165, 1.54) is 32.2 Å². The van der Waals surface area contributed by atoms with Gasteiger partial charge in [0.25, 0.3) is 0 Å². The van der Waals surface area contributed by atoms with Crippen molar-refractivity contribution in [2.75, 3.05) is 14.2 Å². The van der Waals surface area contributed by atoms with Crippen molar-refractivity contribution in [3.8, 4) is 23.0 Å². The zero-order valence-electron chi connectivity index (χ0n) is 15.0. The van der Waals surface area contributed by atoms with Crippen LogP contribution in [-0.2, 0) is 4.79 Å². The summed E-state index contributed by atoms with van der Waals surface area (Å²) in [4.78, 5) is 23.4. The lowest BCUT2D eigenvalue weighted by Gasteiger charge is -2.15. The monoisotopic (exact) mass is 369 g/mol. The molecule has 0 spiro atoms. The van der Waals surface area contributed by atoms with Crippen molar-refractivity contribution in [2.24, 2.45) is 0 Å². The summed E-state index contributed by atoms with van der Waals surface area (Å²) in [6.07, 6.45) is 0.448. The maximum absolute atomic E-state index is 12.6. The summed E-state index contributed by atoms with van der Waals surface area (Å²) in [5.41, 5.74) is 1.01. The van der Waals surface area contributed by atoms with E-state index in [2.05, 4.69) is 0 Å². The van der Waals surface area contributed by atoms with Crippen molar-refractivity contribution in [3.63, 3.8) is 0 Å². The molecule has 1 atom stereocenters. The first-order valence-corrected chi connectivity index (χ1v) is 8.10. The number of Topliss-reactive ketones (excluding diaryl/α,β-unsaturated/α-hetero) is 1. The zero-order valence-corrected chi connectivity index (χ0v) is 15.0. The number of ether oxygens (including phenoxy) is 4. The highest BCUT2D eigenvalue weighted by molar-refractivity contribution is 6.14. The number of hydrogen-bond acceptors (Lipinski definition) is 7. The number of benzene rings is 2. The van der Waals surface area contributed by atoms with Crippen LogP contribution in [0.3, 0.4) is 0 Å². The van der Waals surface area contributed by atoms with E-state index in [0.717, 1.165) is 0 Å². The minimum absolute atomic E-state index is 0.124. The standard InChI is InChI=1S/C20H18O7/c1-11(20(22)23)26-14-6-7-15-17(10-14)27-18(19(15)21)8-12-4-5-13(24-2)9-16(12)25-3/h4-11H,1-3H3,(H,22,23)/p-1/t11-/m1/s1.